The molecule has 0 spiro atoms. The molecule has 0 atom stereocenters. The summed E-state index contributed by atoms with van der Waals surface area (Å²) in [5, 5.41) is 0. The first-order chi connectivity index (χ1) is 8.20. The Kier molecular flexibility index (Phi) is 3.43. The standard InChI is InChI=1S/C17H18/c1-4-14-5-7-16(8-6-14)17-11-9-15(10-12-17)13(2)3/h5-12H,2,4H2,1,3H3. The van der Waals surface area contributed by atoms with E-state index >= 15 is 0 Å². The molecule has 86 valence electrons. The maximum absolute atomic E-state index is 3.95. The smallest absolute Gasteiger partial charge is 0.0184 e. The van der Waals surface area contributed by atoms with Crippen molar-refractivity contribution in [1.29, 1.82) is 0 Å². The minimum Gasteiger partial charge on any atom is -0.0955 e. The van der Waals surface area contributed by atoms with Crippen molar-refractivity contribution in [3.05, 3.63) is 66.2 Å². The highest BCUT2D eigenvalue weighted by Crippen LogP contribution is 2.22. The molecule has 0 radical (unpaired) electrons. The molecule has 0 nitrogen and oxygen atoms in total. The average molecular weight is 222 g/mol. The zero-order valence-electron chi connectivity index (χ0n) is 10.5. The fourth-order valence-corrected chi connectivity index (χ4v) is 1.88. The fourth-order valence-electron chi connectivity index (χ4n) is 1.88. The average Bonchev–Trinajstić information content (AvgIpc) is 2.39. The number of hydrogen-bond acceptors (Lipinski definition) is 0. The number of rotatable bonds is 3. The highest BCUT2D eigenvalue weighted by Gasteiger charge is 1.98. The van der Waals surface area contributed by atoms with Crippen LogP contribution in [0.1, 0.15) is 25.0 Å². The van der Waals surface area contributed by atoms with Gasteiger partial charge in [0.15, 0.2) is 0 Å². The van der Waals surface area contributed by atoms with Crippen molar-refractivity contribution in [2.45, 2.75) is 20.3 Å². The topological polar surface area (TPSA) is 0 Å². The van der Waals surface area contributed by atoms with E-state index in [2.05, 4.69) is 62.0 Å². The Balaban J connectivity index is 2.29. The molecule has 0 saturated heterocycles. The number of benzene rings is 2. The van der Waals surface area contributed by atoms with Crippen molar-refractivity contribution in [3.8, 4) is 11.1 Å². The maximum atomic E-state index is 3.95. The first-order valence-electron chi connectivity index (χ1n) is 6.06. The molecule has 0 amide bonds. The lowest BCUT2D eigenvalue weighted by Gasteiger charge is -2.05. The van der Waals surface area contributed by atoms with Crippen LogP contribution in [-0.4, -0.2) is 0 Å². The van der Waals surface area contributed by atoms with Crippen molar-refractivity contribution in [1.82, 2.24) is 0 Å². The van der Waals surface area contributed by atoms with Crippen LogP contribution < -0.4 is 0 Å². The third kappa shape index (κ3) is 2.65. The molecule has 0 aliphatic carbocycles. The van der Waals surface area contributed by atoms with Crippen LogP contribution in [0.2, 0.25) is 0 Å². The molecule has 0 fully saturated rings. The van der Waals surface area contributed by atoms with Crippen molar-refractivity contribution in [3.63, 3.8) is 0 Å². The lowest BCUT2D eigenvalue weighted by molar-refractivity contribution is 1.14. The Hall–Kier alpha value is -1.82. The Bertz CT molecular complexity index is 501. The molecule has 0 heterocycles. The summed E-state index contributed by atoms with van der Waals surface area (Å²) >= 11 is 0. The number of hydrogen-bond donors (Lipinski definition) is 0. The van der Waals surface area contributed by atoms with Crippen LogP contribution in [0.4, 0.5) is 0 Å². The van der Waals surface area contributed by atoms with Crippen molar-refractivity contribution >= 4 is 5.57 Å². The van der Waals surface area contributed by atoms with E-state index in [9.17, 15) is 0 Å². The Morgan fingerprint density at radius 2 is 1.35 bits per heavy atom. The Labute approximate surface area is 104 Å². The van der Waals surface area contributed by atoms with Gasteiger partial charge in [-0.1, -0.05) is 67.6 Å². The van der Waals surface area contributed by atoms with Crippen LogP contribution in [0.15, 0.2) is 55.1 Å². The van der Waals surface area contributed by atoms with Gasteiger partial charge in [0, 0.05) is 0 Å². The van der Waals surface area contributed by atoms with E-state index in [4.69, 9.17) is 0 Å². The van der Waals surface area contributed by atoms with Gasteiger partial charge < -0.3 is 0 Å². The van der Waals surface area contributed by atoms with Crippen molar-refractivity contribution in [2.24, 2.45) is 0 Å². The molecule has 2 aromatic rings. The van der Waals surface area contributed by atoms with Crippen LogP contribution in [0, 0.1) is 0 Å². The molecule has 0 unspecified atom stereocenters. The molecule has 0 saturated carbocycles. The van der Waals surface area contributed by atoms with E-state index in [0.29, 0.717) is 0 Å². The van der Waals surface area contributed by atoms with Crippen LogP contribution in [0.3, 0.4) is 0 Å². The van der Waals surface area contributed by atoms with E-state index in [1.807, 2.05) is 6.92 Å². The summed E-state index contributed by atoms with van der Waals surface area (Å²) in [6.45, 7) is 8.16. The molecule has 2 aromatic carbocycles. The highest BCUT2D eigenvalue weighted by molar-refractivity contribution is 5.68. The van der Waals surface area contributed by atoms with Gasteiger partial charge >= 0.3 is 0 Å². The van der Waals surface area contributed by atoms with Crippen LogP contribution in [-0.2, 0) is 6.42 Å². The zero-order valence-corrected chi connectivity index (χ0v) is 10.5. The van der Waals surface area contributed by atoms with Crippen LogP contribution in [0.25, 0.3) is 16.7 Å². The van der Waals surface area contributed by atoms with Gasteiger partial charge in [0.25, 0.3) is 0 Å². The quantitative estimate of drug-likeness (QED) is 0.689. The van der Waals surface area contributed by atoms with Gasteiger partial charge in [-0.2, -0.15) is 0 Å². The van der Waals surface area contributed by atoms with Gasteiger partial charge in [-0.15, -0.1) is 0 Å². The second kappa shape index (κ2) is 5.01. The van der Waals surface area contributed by atoms with Gasteiger partial charge in [-0.05, 0) is 35.6 Å². The molecular formula is C17H18. The zero-order chi connectivity index (χ0) is 12.3. The molecule has 0 heteroatoms. The minimum atomic E-state index is 1.09. The summed E-state index contributed by atoms with van der Waals surface area (Å²) in [6.07, 6.45) is 1.09. The van der Waals surface area contributed by atoms with Crippen LogP contribution >= 0.6 is 0 Å². The molecule has 2 rings (SSSR count). The first kappa shape index (κ1) is 11.7. The molecular weight excluding hydrogens is 204 g/mol. The second-order valence-corrected chi connectivity index (χ2v) is 4.41. The second-order valence-electron chi connectivity index (χ2n) is 4.41. The molecule has 17 heavy (non-hydrogen) atoms. The monoisotopic (exact) mass is 222 g/mol. The third-order valence-corrected chi connectivity index (χ3v) is 3.07. The molecule has 0 aromatic heterocycles. The molecule has 0 aliphatic heterocycles. The van der Waals surface area contributed by atoms with Crippen molar-refractivity contribution in [2.75, 3.05) is 0 Å². The predicted octanol–water partition coefficient (Wildman–Crippen LogP) is 4.95. The number of allylic oxidation sites excluding steroid dienone is 1. The Morgan fingerprint density at radius 1 is 0.882 bits per heavy atom. The summed E-state index contributed by atoms with van der Waals surface area (Å²) in [5.41, 5.74) is 6.23. The lowest BCUT2D eigenvalue weighted by Crippen LogP contribution is -1.83. The van der Waals surface area contributed by atoms with E-state index in [-0.39, 0.29) is 0 Å². The Morgan fingerprint density at radius 3 is 1.76 bits per heavy atom. The van der Waals surface area contributed by atoms with Crippen molar-refractivity contribution < 1.29 is 0 Å². The van der Waals surface area contributed by atoms with E-state index in [0.717, 1.165) is 12.0 Å². The van der Waals surface area contributed by atoms with Gasteiger partial charge in [0.05, 0.1) is 0 Å². The largest absolute Gasteiger partial charge is 0.0955 e. The van der Waals surface area contributed by atoms with Gasteiger partial charge in [-0.3, -0.25) is 0 Å². The normalized spacial score (nSPS) is 10.2. The minimum absolute atomic E-state index is 1.09. The van der Waals surface area contributed by atoms with Gasteiger partial charge in [0.1, 0.15) is 0 Å². The molecule has 0 aliphatic rings. The van der Waals surface area contributed by atoms with E-state index in [1.54, 1.807) is 0 Å². The number of aryl methyl sites for hydroxylation is 1. The van der Waals surface area contributed by atoms with Crippen LogP contribution in [0.5, 0.6) is 0 Å². The lowest BCUT2D eigenvalue weighted by atomic mass is 10.0. The predicted molar refractivity (Wildman–Crippen MR) is 76.0 cm³/mol. The summed E-state index contributed by atoms with van der Waals surface area (Å²) in [7, 11) is 0. The fraction of sp³-hybridized carbons (Fsp3) is 0.176. The molecule has 0 bridgehead atoms. The summed E-state index contributed by atoms with van der Waals surface area (Å²) in [5.74, 6) is 0. The third-order valence-electron chi connectivity index (χ3n) is 3.07. The SMILES string of the molecule is C=C(C)c1ccc(-c2ccc(CC)cc2)cc1. The van der Waals surface area contributed by atoms with Gasteiger partial charge in [0.2, 0.25) is 0 Å². The summed E-state index contributed by atoms with van der Waals surface area (Å²) in [4.78, 5) is 0. The van der Waals surface area contributed by atoms with Gasteiger partial charge in [-0.25, -0.2) is 0 Å². The molecule has 0 N–H and O–H groups in total. The summed E-state index contributed by atoms with van der Waals surface area (Å²) < 4.78 is 0. The first-order valence-corrected chi connectivity index (χ1v) is 6.06. The highest BCUT2D eigenvalue weighted by atomic mass is 14.0. The van der Waals surface area contributed by atoms with E-state index in [1.165, 1.54) is 22.3 Å². The maximum Gasteiger partial charge on any atom is -0.0184 e. The van der Waals surface area contributed by atoms with E-state index < -0.39 is 0 Å². The summed E-state index contributed by atoms with van der Waals surface area (Å²) in [6, 6.07) is 17.3.